The molecule has 1 amide bonds. The summed E-state index contributed by atoms with van der Waals surface area (Å²) >= 11 is 0. The topological polar surface area (TPSA) is 119 Å². The number of carbonyl (C=O) groups excluding carboxylic acids is 1. The Kier molecular flexibility index (Phi) is 9.74. The fraction of sp³-hybridized carbons (Fsp3) is 0.429. The van der Waals surface area contributed by atoms with Crippen molar-refractivity contribution in [2.45, 2.75) is 33.3 Å². The van der Waals surface area contributed by atoms with E-state index in [4.69, 9.17) is 14.6 Å². The molecular formula is C14H20N2O6. The van der Waals surface area contributed by atoms with Gasteiger partial charge in [-0.25, -0.2) is 4.79 Å². The summed E-state index contributed by atoms with van der Waals surface area (Å²) < 4.78 is 4.96. The summed E-state index contributed by atoms with van der Waals surface area (Å²) in [6.45, 7) is 3.81. The van der Waals surface area contributed by atoms with Crippen molar-refractivity contribution in [2.75, 3.05) is 6.54 Å². The molecule has 0 atom stereocenters. The smallest absolute Gasteiger partial charge is 0.407 e. The van der Waals surface area contributed by atoms with Gasteiger partial charge in [0.25, 0.3) is 11.7 Å². The molecule has 0 unspecified atom stereocenters. The maximum atomic E-state index is 11.2. The zero-order chi connectivity index (χ0) is 17.0. The zero-order valence-electron chi connectivity index (χ0n) is 12.6. The summed E-state index contributed by atoms with van der Waals surface area (Å²) in [7, 11) is 0. The van der Waals surface area contributed by atoms with E-state index in [1.807, 2.05) is 6.92 Å². The average Bonchev–Trinajstić information content (AvgIpc) is 2.45. The zero-order valence-corrected chi connectivity index (χ0v) is 12.6. The van der Waals surface area contributed by atoms with Crippen molar-refractivity contribution in [3.8, 4) is 0 Å². The van der Waals surface area contributed by atoms with Gasteiger partial charge in [-0.15, -0.1) is 0 Å². The molecule has 0 fully saturated rings. The first-order valence-corrected chi connectivity index (χ1v) is 6.70. The van der Waals surface area contributed by atoms with Crippen molar-refractivity contribution in [1.29, 1.82) is 0 Å². The van der Waals surface area contributed by atoms with E-state index in [-0.39, 0.29) is 12.3 Å². The van der Waals surface area contributed by atoms with Crippen LogP contribution in [0.4, 0.5) is 10.5 Å². The first-order valence-electron chi connectivity index (χ1n) is 6.70. The normalized spacial score (nSPS) is 9.18. The van der Waals surface area contributed by atoms with Crippen molar-refractivity contribution >= 4 is 17.7 Å². The molecule has 0 heterocycles. The highest BCUT2D eigenvalue weighted by atomic mass is 16.6. The minimum absolute atomic E-state index is 0.0196. The van der Waals surface area contributed by atoms with Crippen LogP contribution < -0.4 is 5.32 Å². The lowest BCUT2D eigenvalue weighted by Gasteiger charge is -2.06. The number of unbranched alkanes of at least 4 members (excludes halogenated alkanes) is 1. The monoisotopic (exact) mass is 312 g/mol. The van der Waals surface area contributed by atoms with Crippen LogP contribution >= 0.6 is 0 Å². The number of hydrogen-bond donors (Lipinski definition) is 2. The van der Waals surface area contributed by atoms with E-state index in [1.54, 1.807) is 12.1 Å². The molecule has 0 aromatic heterocycles. The van der Waals surface area contributed by atoms with E-state index in [1.165, 1.54) is 12.1 Å². The minimum atomic E-state index is -0.833. The van der Waals surface area contributed by atoms with Gasteiger partial charge in [-0.1, -0.05) is 13.3 Å². The number of amides is 1. The lowest BCUT2D eigenvalue weighted by Crippen LogP contribution is -2.25. The van der Waals surface area contributed by atoms with Crippen molar-refractivity contribution in [3.63, 3.8) is 0 Å². The standard InChI is InChI=1S/C12H16N2O4.C2H4O2/c1-2-3-8-13-12(15)18-9-10-4-6-11(7-5-10)14(16)17;1-2(3)4/h4-7H,2-3,8-9H2,1H3,(H,13,15);1H3,(H,3,4). The van der Waals surface area contributed by atoms with Gasteiger partial charge in [0.2, 0.25) is 0 Å². The van der Waals surface area contributed by atoms with Crippen LogP contribution in [-0.4, -0.2) is 28.6 Å². The number of ether oxygens (including phenoxy) is 1. The molecule has 1 rings (SSSR count). The Hall–Kier alpha value is -2.64. The summed E-state index contributed by atoms with van der Waals surface area (Å²) in [5, 5.41) is 20.5. The van der Waals surface area contributed by atoms with Crippen LogP contribution in [0.5, 0.6) is 0 Å². The van der Waals surface area contributed by atoms with Gasteiger partial charge in [0.05, 0.1) is 4.92 Å². The molecular weight excluding hydrogens is 292 g/mol. The predicted octanol–water partition coefficient (Wildman–Crippen LogP) is 2.71. The first kappa shape index (κ1) is 19.4. The fourth-order valence-electron chi connectivity index (χ4n) is 1.28. The second-order valence-electron chi connectivity index (χ2n) is 4.30. The number of alkyl carbamates (subject to hydrolysis) is 1. The summed E-state index contributed by atoms with van der Waals surface area (Å²) in [5.41, 5.74) is 0.734. The summed E-state index contributed by atoms with van der Waals surface area (Å²) in [6, 6.07) is 5.90. The third kappa shape index (κ3) is 10.2. The van der Waals surface area contributed by atoms with E-state index in [0.717, 1.165) is 19.8 Å². The molecule has 22 heavy (non-hydrogen) atoms. The van der Waals surface area contributed by atoms with Crippen molar-refractivity contribution in [1.82, 2.24) is 5.32 Å². The van der Waals surface area contributed by atoms with E-state index in [0.29, 0.717) is 12.1 Å². The second kappa shape index (κ2) is 11.1. The molecule has 1 aromatic rings. The van der Waals surface area contributed by atoms with E-state index in [9.17, 15) is 14.9 Å². The van der Waals surface area contributed by atoms with Gasteiger partial charge in [0, 0.05) is 25.6 Å². The van der Waals surface area contributed by atoms with Crippen LogP contribution in [0.25, 0.3) is 0 Å². The number of carboxylic acids is 1. The quantitative estimate of drug-likeness (QED) is 0.473. The molecule has 1 aromatic carbocycles. The summed E-state index contributed by atoms with van der Waals surface area (Å²) in [6.07, 6.45) is 1.44. The Morgan fingerprint density at radius 2 is 1.86 bits per heavy atom. The third-order valence-corrected chi connectivity index (χ3v) is 2.32. The van der Waals surface area contributed by atoms with Gasteiger partial charge in [-0.3, -0.25) is 14.9 Å². The highest BCUT2D eigenvalue weighted by Crippen LogP contribution is 2.12. The van der Waals surface area contributed by atoms with E-state index >= 15 is 0 Å². The number of benzene rings is 1. The van der Waals surface area contributed by atoms with Crippen molar-refractivity contribution in [3.05, 3.63) is 39.9 Å². The maximum Gasteiger partial charge on any atom is 0.407 e. The molecule has 0 saturated carbocycles. The maximum absolute atomic E-state index is 11.2. The number of non-ortho nitro benzene ring substituents is 1. The number of rotatable bonds is 6. The number of aliphatic carboxylic acids is 1. The van der Waals surface area contributed by atoms with Gasteiger partial charge in [-0.05, 0) is 24.1 Å². The van der Waals surface area contributed by atoms with Crippen molar-refractivity contribution < 1.29 is 24.4 Å². The van der Waals surface area contributed by atoms with E-state index in [2.05, 4.69) is 5.32 Å². The van der Waals surface area contributed by atoms with Crippen LogP contribution in [0, 0.1) is 10.1 Å². The Labute approximate surface area is 128 Å². The second-order valence-corrected chi connectivity index (χ2v) is 4.30. The number of hydrogen-bond acceptors (Lipinski definition) is 5. The van der Waals surface area contributed by atoms with Gasteiger partial charge in [0.1, 0.15) is 6.61 Å². The summed E-state index contributed by atoms with van der Waals surface area (Å²) in [4.78, 5) is 30.2. The number of nitrogens with zero attached hydrogens (tertiary/aromatic N) is 1. The van der Waals surface area contributed by atoms with Gasteiger partial charge in [0.15, 0.2) is 0 Å². The van der Waals surface area contributed by atoms with Gasteiger partial charge in [-0.2, -0.15) is 0 Å². The molecule has 2 N–H and O–H groups in total. The molecule has 0 aliphatic rings. The summed E-state index contributed by atoms with van der Waals surface area (Å²) in [5.74, 6) is -0.833. The van der Waals surface area contributed by atoms with Gasteiger partial charge < -0.3 is 15.2 Å². The minimum Gasteiger partial charge on any atom is -0.481 e. The Morgan fingerprint density at radius 1 is 1.32 bits per heavy atom. The number of nitrogens with one attached hydrogen (secondary N) is 1. The van der Waals surface area contributed by atoms with Crippen molar-refractivity contribution in [2.24, 2.45) is 0 Å². The van der Waals surface area contributed by atoms with Crippen LogP contribution in [0.1, 0.15) is 32.3 Å². The number of nitro groups is 1. The Balaban J connectivity index is 0.000000980. The molecule has 0 saturated heterocycles. The van der Waals surface area contributed by atoms with Crippen LogP contribution in [0.2, 0.25) is 0 Å². The number of carboxylic acid groups (broad SMARTS) is 1. The SMILES string of the molecule is CC(=O)O.CCCCNC(=O)OCc1ccc([N+](=O)[O-])cc1. The lowest BCUT2D eigenvalue weighted by atomic mass is 10.2. The molecule has 0 radical (unpaired) electrons. The van der Waals surface area contributed by atoms with Crippen LogP contribution in [-0.2, 0) is 16.1 Å². The largest absolute Gasteiger partial charge is 0.481 e. The third-order valence-electron chi connectivity index (χ3n) is 2.32. The average molecular weight is 312 g/mol. The first-order chi connectivity index (χ1) is 10.4. The number of carbonyl (C=O) groups is 2. The highest BCUT2D eigenvalue weighted by molar-refractivity contribution is 5.67. The Bertz CT molecular complexity index is 483. The van der Waals surface area contributed by atoms with E-state index < -0.39 is 17.0 Å². The molecule has 0 aliphatic carbocycles. The highest BCUT2D eigenvalue weighted by Gasteiger charge is 2.05. The van der Waals surface area contributed by atoms with Crippen LogP contribution in [0.15, 0.2) is 24.3 Å². The molecule has 0 bridgehead atoms. The molecule has 8 heteroatoms. The van der Waals surface area contributed by atoms with Gasteiger partial charge >= 0.3 is 6.09 Å². The van der Waals surface area contributed by atoms with Crippen LogP contribution in [0.3, 0.4) is 0 Å². The molecule has 0 spiro atoms. The molecule has 8 nitrogen and oxygen atoms in total. The fourth-order valence-corrected chi connectivity index (χ4v) is 1.28. The Morgan fingerprint density at radius 3 is 2.32 bits per heavy atom. The molecule has 122 valence electrons. The molecule has 0 aliphatic heterocycles. The predicted molar refractivity (Wildman–Crippen MR) is 79.5 cm³/mol. The lowest BCUT2D eigenvalue weighted by molar-refractivity contribution is -0.384. The number of nitro benzene ring substituents is 1.